The number of nitriles is 1. The van der Waals surface area contributed by atoms with Crippen LogP contribution in [0.15, 0.2) is 10.1 Å². The van der Waals surface area contributed by atoms with Gasteiger partial charge in [0.05, 0.1) is 5.88 Å². The molecule has 0 N–H and O–H groups in total. The zero-order valence-corrected chi connectivity index (χ0v) is 7.99. The largest absolute Gasteiger partial charge is 0.185 e. The Morgan fingerprint density at radius 1 is 1.40 bits per heavy atom. The summed E-state index contributed by atoms with van der Waals surface area (Å²) in [6.07, 6.45) is 0. The first-order valence-electron chi connectivity index (χ1n) is 2.32. The Morgan fingerprint density at radius 2 is 2.00 bits per heavy atom. The van der Waals surface area contributed by atoms with E-state index in [0.29, 0.717) is 15.8 Å². The Morgan fingerprint density at radius 3 is 2.40 bits per heavy atom. The van der Waals surface area contributed by atoms with Gasteiger partial charge in [0, 0.05) is 15.8 Å². The average molecular weight is 217 g/mol. The first-order valence-corrected chi connectivity index (χ1v) is 4.59. The van der Waals surface area contributed by atoms with Crippen molar-refractivity contribution in [2.45, 2.75) is 0 Å². The third kappa shape index (κ3) is 4.29. The summed E-state index contributed by atoms with van der Waals surface area (Å²) in [5.41, 5.74) is 0. The van der Waals surface area contributed by atoms with Gasteiger partial charge in [-0.25, -0.2) is 0 Å². The zero-order chi connectivity index (χ0) is 7.98. The van der Waals surface area contributed by atoms with E-state index in [1.165, 1.54) is 0 Å². The van der Waals surface area contributed by atoms with Gasteiger partial charge in [-0.1, -0.05) is 23.2 Å². The fraction of sp³-hybridized carbons (Fsp3) is 0.400. The Hall–Kier alpha value is 0.450. The molecule has 5 heteroatoms. The van der Waals surface area contributed by atoms with Gasteiger partial charge in [0.1, 0.15) is 5.40 Å². The van der Waals surface area contributed by atoms with Crippen LogP contribution in [0.4, 0.5) is 0 Å². The minimum absolute atomic E-state index is 0.201. The highest BCUT2D eigenvalue weighted by Crippen LogP contribution is 2.19. The molecule has 0 aromatic rings. The van der Waals surface area contributed by atoms with Crippen LogP contribution in [0.3, 0.4) is 0 Å². The van der Waals surface area contributed by atoms with Gasteiger partial charge in [-0.2, -0.15) is 5.26 Å². The molecule has 0 saturated heterocycles. The summed E-state index contributed by atoms with van der Waals surface area (Å²) in [4.78, 5) is 0. The lowest BCUT2D eigenvalue weighted by Gasteiger charge is -1.94. The van der Waals surface area contributed by atoms with E-state index in [1.807, 2.05) is 5.40 Å². The molecule has 10 heavy (non-hydrogen) atoms. The molecule has 0 aliphatic carbocycles. The van der Waals surface area contributed by atoms with E-state index in [0.717, 1.165) is 11.8 Å². The fourth-order valence-corrected chi connectivity index (χ4v) is 1.22. The van der Waals surface area contributed by atoms with E-state index in [2.05, 4.69) is 0 Å². The molecule has 1 nitrogen and oxygen atoms in total. The van der Waals surface area contributed by atoms with Gasteiger partial charge in [-0.15, -0.1) is 11.6 Å². The number of hydrogen-bond acceptors (Lipinski definition) is 2. The van der Waals surface area contributed by atoms with Gasteiger partial charge in [-0.3, -0.25) is 0 Å². The predicted octanol–water partition coefficient (Wildman–Crippen LogP) is 3.13. The lowest BCUT2D eigenvalue weighted by molar-refractivity contribution is 1.54. The highest BCUT2D eigenvalue weighted by atomic mass is 35.5. The maximum Gasteiger partial charge on any atom is 0.133 e. The van der Waals surface area contributed by atoms with E-state index >= 15 is 0 Å². The van der Waals surface area contributed by atoms with Crippen molar-refractivity contribution in [3.05, 3.63) is 10.1 Å². The Balaban J connectivity index is 3.82. The van der Waals surface area contributed by atoms with E-state index < -0.39 is 0 Å². The van der Waals surface area contributed by atoms with Crippen LogP contribution in [-0.2, 0) is 0 Å². The number of hydrogen-bond donors (Lipinski definition) is 0. The number of nitrogens with zero attached hydrogens (tertiary/aromatic N) is 1. The predicted molar refractivity (Wildman–Crippen MR) is 47.5 cm³/mol. The summed E-state index contributed by atoms with van der Waals surface area (Å²) < 4.78 is 0. The Labute approximate surface area is 78.9 Å². The topological polar surface area (TPSA) is 23.8 Å². The number of thioether (sulfide) groups is 1. The summed E-state index contributed by atoms with van der Waals surface area (Å²) in [7, 11) is 0. The summed E-state index contributed by atoms with van der Waals surface area (Å²) >= 11 is 17.5. The number of alkyl halides is 1. The van der Waals surface area contributed by atoms with Crippen molar-refractivity contribution in [2.24, 2.45) is 0 Å². The fourth-order valence-electron chi connectivity index (χ4n) is 0.246. The van der Waals surface area contributed by atoms with Crippen molar-refractivity contribution >= 4 is 46.6 Å². The van der Waals surface area contributed by atoms with Crippen LogP contribution in [0, 0.1) is 10.7 Å². The van der Waals surface area contributed by atoms with Crippen molar-refractivity contribution < 1.29 is 0 Å². The van der Waals surface area contributed by atoms with Crippen LogP contribution < -0.4 is 0 Å². The molecule has 0 atom stereocenters. The van der Waals surface area contributed by atoms with Crippen LogP contribution in [0.25, 0.3) is 0 Å². The van der Waals surface area contributed by atoms with Gasteiger partial charge >= 0.3 is 0 Å². The molecule has 56 valence electrons. The maximum absolute atomic E-state index is 8.13. The molecule has 0 amide bonds. The van der Waals surface area contributed by atoms with Crippen molar-refractivity contribution in [3.8, 4) is 5.40 Å². The Kier molecular flexibility index (Phi) is 6.46. The lowest BCUT2D eigenvalue weighted by Crippen LogP contribution is -1.82. The smallest absolute Gasteiger partial charge is 0.133 e. The first kappa shape index (κ1) is 10.4. The van der Waals surface area contributed by atoms with Crippen LogP contribution in [0.1, 0.15) is 0 Å². The number of allylic oxidation sites excluding steroid dienone is 1. The molecule has 0 radical (unpaired) electrons. The molecule has 0 unspecified atom stereocenters. The van der Waals surface area contributed by atoms with Crippen LogP contribution in [-0.4, -0.2) is 11.6 Å². The molecule has 0 aromatic heterocycles. The van der Waals surface area contributed by atoms with Gasteiger partial charge in [0.2, 0.25) is 0 Å². The number of thiocyanates is 1. The van der Waals surface area contributed by atoms with E-state index in [9.17, 15) is 0 Å². The van der Waals surface area contributed by atoms with Crippen molar-refractivity contribution in [1.82, 2.24) is 0 Å². The Bertz CT molecular complexity index is 172. The molecule has 0 aliphatic heterocycles. The minimum Gasteiger partial charge on any atom is -0.185 e. The quantitative estimate of drug-likeness (QED) is 0.535. The normalized spacial score (nSPS) is 12.2. The summed E-state index contributed by atoms with van der Waals surface area (Å²) in [6, 6.07) is 0. The molecule has 0 heterocycles. The molecule has 0 aliphatic rings. The zero-order valence-electron chi connectivity index (χ0n) is 4.90. The number of rotatable bonds is 3. The second-order valence-corrected chi connectivity index (χ2v) is 3.26. The SMILES string of the molecule is N#CSC/C(Cl)=C(\Cl)CCl. The van der Waals surface area contributed by atoms with Crippen molar-refractivity contribution in [2.75, 3.05) is 11.6 Å². The lowest BCUT2D eigenvalue weighted by atomic mass is 10.6. The summed E-state index contributed by atoms with van der Waals surface area (Å²) in [5, 5.41) is 10.9. The minimum atomic E-state index is 0.201. The van der Waals surface area contributed by atoms with Gasteiger partial charge < -0.3 is 0 Å². The highest BCUT2D eigenvalue weighted by Gasteiger charge is 1.99. The molecule has 0 aromatic carbocycles. The molecule has 0 spiro atoms. The number of halogens is 3. The third-order valence-electron chi connectivity index (χ3n) is 0.675. The van der Waals surface area contributed by atoms with Crippen molar-refractivity contribution in [1.29, 1.82) is 5.26 Å². The second kappa shape index (κ2) is 6.18. The monoisotopic (exact) mass is 215 g/mol. The third-order valence-corrected chi connectivity index (χ3v) is 2.62. The van der Waals surface area contributed by atoms with Gasteiger partial charge in [0.15, 0.2) is 0 Å². The van der Waals surface area contributed by atoms with Gasteiger partial charge in [0.25, 0.3) is 0 Å². The van der Waals surface area contributed by atoms with Crippen LogP contribution in [0.5, 0.6) is 0 Å². The molecule has 0 rings (SSSR count). The molecular formula is C5H4Cl3NS. The van der Waals surface area contributed by atoms with Gasteiger partial charge in [-0.05, 0) is 11.8 Å². The van der Waals surface area contributed by atoms with Crippen LogP contribution >= 0.6 is 46.6 Å². The van der Waals surface area contributed by atoms with E-state index in [1.54, 1.807) is 0 Å². The average Bonchev–Trinajstić information content (AvgIpc) is 1.98. The molecule has 0 bridgehead atoms. The molecule has 0 saturated carbocycles. The van der Waals surface area contributed by atoms with E-state index in [-0.39, 0.29) is 5.88 Å². The van der Waals surface area contributed by atoms with Crippen molar-refractivity contribution in [3.63, 3.8) is 0 Å². The van der Waals surface area contributed by atoms with Crippen LogP contribution in [0.2, 0.25) is 0 Å². The standard InChI is InChI=1S/C5H4Cl3NS/c6-1-4(7)5(8)2-10-3-9/h1-2H2/b5-4+. The second-order valence-electron chi connectivity index (χ2n) is 1.32. The molecular weight excluding hydrogens is 212 g/mol. The summed E-state index contributed by atoms with van der Waals surface area (Å²) in [5.74, 6) is 0.607. The first-order chi connectivity index (χ1) is 4.72. The van der Waals surface area contributed by atoms with E-state index in [4.69, 9.17) is 40.1 Å². The highest BCUT2D eigenvalue weighted by molar-refractivity contribution is 8.03. The molecule has 0 fully saturated rings. The summed E-state index contributed by atoms with van der Waals surface area (Å²) in [6.45, 7) is 0. The maximum atomic E-state index is 8.13.